The minimum atomic E-state index is -0.202. The molecule has 3 rings (SSSR count). The second kappa shape index (κ2) is 5.05. The number of nitrogens with zero attached hydrogens (tertiary/aromatic N) is 2. The molecule has 3 aromatic rings. The number of hydrogen-bond acceptors (Lipinski definition) is 4. The summed E-state index contributed by atoms with van der Waals surface area (Å²) in [5.74, 6) is 1.36. The summed E-state index contributed by atoms with van der Waals surface area (Å²) in [7, 11) is 0. The lowest BCUT2D eigenvalue weighted by molar-refractivity contribution is 0.0935. The fourth-order valence-electron chi connectivity index (χ4n) is 2.18. The first-order valence-electron chi connectivity index (χ1n) is 6.72. The molecule has 6 nitrogen and oxygen atoms in total. The smallest absolute Gasteiger partial charge is 0.253 e. The van der Waals surface area contributed by atoms with Gasteiger partial charge in [0.05, 0.1) is 11.6 Å². The molecule has 1 atom stereocenters. The van der Waals surface area contributed by atoms with E-state index >= 15 is 0 Å². The number of amides is 1. The van der Waals surface area contributed by atoms with Crippen molar-refractivity contribution in [1.29, 1.82) is 0 Å². The summed E-state index contributed by atoms with van der Waals surface area (Å²) in [6, 6.07) is 5.33. The maximum Gasteiger partial charge on any atom is 0.253 e. The van der Waals surface area contributed by atoms with Crippen molar-refractivity contribution in [2.45, 2.75) is 26.8 Å². The van der Waals surface area contributed by atoms with E-state index in [2.05, 4.69) is 20.5 Å². The second-order valence-corrected chi connectivity index (χ2v) is 5.09. The fourth-order valence-corrected chi connectivity index (χ4v) is 2.18. The molecular formula is C15H16N4O2. The van der Waals surface area contributed by atoms with Gasteiger partial charge in [0.2, 0.25) is 0 Å². The molecule has 3 aromatic heterocycles. The van der Waals surface area contributed by atoms with Crippen LogP contribution in [0, 0.1) is 13.8 Å². The Kier molecular flexibility index (Phi) is 3.21. The van der Waals surface area contributed by atoms with E-state index in [9.17, 15) is 4.79 Å². The fraction of sp³-hybridized carbons (Fsp3) is 0.267. The number of carbonyl (C=O) groups is 1. The monoisotopic (exact) mass is 284 g/mol. The average Bonchev–Trinajstić information content (AvgIpc) is 3.05. The second-order valence-electron chi connectivity index (χ2n) is 5.09. The molecule has 0 aromatic carbocycles. The van der Waals surface area contributed by atoms with Crippen LogP contribution in [0.4, 0.5) is 0 Å². The summed E-state index contributed by atoms with van der Waals surface area (Å²) in [6.07, 6.45) is 1.53. The van der Waals surface area contributed by atoms with Crippen molar-refractivity contribution in [3.63, 3.8) is 0 Å². The van der Waals surface area contributed by atoms with Crippen molar-refractivity contribution in [2.75, 3.05) is 0 Å². The van der Waals surface area contributed by atoms with Gasteiger partial charge in [-0.3, -0.25) is 9.89 Å². The van der Waals surface area contributed by atoms with Crippen molar-refractivity contribution in [3.05, 3.63) is 47.2 Å². The summed E-state index contributed by atoms with van der Waals surface area (Å²) < 4.78 is 5.51. The van der Waals surface area contributed by atoms with E-state index in [4.69, 9.17) is 4.42 Å². The third-order valence-electron chi connectivity index (χ3n) is 3.40. The van der Waals surface area contributed by atoms with Crippen LogP contribution in [0.1, 0.15) is 40.5 Å². The van der Waals surface area contributed by atoms with Crippen LogP contribution in [-0.2, 0) is 0 Å². The molecule has 0 bridgehead atoms. The van der Waals surface area contributed by atoms with Gasteiger partial charge in [0, 0.05) is 17.3 Å². The third-order valence-corrected chi connectivity index (χ3v) is 3.40. The molecule has 2 N–H and O–H groups in total. The van der Waals surface area contributed by atoms with Gasteiger partial charge in [0.15, 0.2) is 5.65 Å². The minimum absolute atomic E-state index is 0.188. The van der Waals surface area contributed by atoms with E-state index in [-0.39, 0.29) is 11.9 Å². The lowest BCUT2D eigenvalue weighted by Crippen LogP contribution is -2.26. The lowest BCUT2D eigenvalue weighted by atomic mass is 10.2. The molecule has 6 heteroatoms. The number of pyridine rings is 1. The Balaban J connectivity index is 1.81. The van der Waals surface area contributed by atoms with Crippen LogP contribution in [0.5, 0.6) is 0 Å². The molecule has 0 spiro atoms. The molecule has 0 saturated heterocycles. The molecule has 1 amide bonds. The average molecular weight is 284 g/mol. The number of fused-ring (bicyclic) bond motifs is 1. The third kappa shape index (κ3) is 2.52. The predicted molar refractivity (Wildman–Crippen MR) is 78.0 cm³/mol. The topological polar surface area (TPSA) is 83.8 Å². The Hall–Kier alpha value is -2.63. The largest absolute Gasteiger partial charge is 0.464 e. The number of aryl methyl sites for hydroxylation is 2. The summed E-state index contributed by atoms with van der Waals surface area (Å²) in [5, 5.41) is 10.6. The van der Waals surface area contributed by atoms with Gasteiger partial charge in [-0.25, -0.2) is 4.98 Å². The highest BCUT2D eigenvalue weighted by Crippen LogP contribution is 2.18. The van der Waals surface area contributed by atoms with Crippen molar-refractivity contribution in [1.82, 2.24) is 20.5 Å². The van der Waals surface area contributed by atoms with Crippen LogP contribution >= 0.6 is 0 Å². The van der Waals surface area contributed by atoms with E-state index in [1.165, 1.54) is 6.20 Å². The minimum Gasteiger partial charge on any atom is -0.464 e. The predicted octanol–water partition coefficient (Wildman–Crippen LogP) is 2.66. The summed E-state index contributed by atoms with van der Waals surface area (Å²) >= 11 is 0. The van der Waals surface area contributed by atoms with Crippen molar-refractivity contribution in [3.8, 4) is 0 Å². The van der Waals surface area contributed by atoms with Gasteiger partial charge in [0.25, 0.3) is 5.91 Å². The Bertz CT molecular complexity index is 803. The van der Waals surface area contributed by atoms with Crippen LogP contribution in [0.25, 0.3) is 11.0 Å². The first-order valence-corrected chi connectivity index (χ1v) is 6.72. The molecule has 108 valence electrons. The highest BCUT2D eigenvalue weighted by molar-refractivity contribution is 5.97. The van der Waals surface area contributed by atoms with Gasteiger partial charge in [0.1, 0.15) is 11.5 Å². The molecule has 0 aliphatic carbocycles. The molecule has 21 heavy (non-hydrogen) atoms. The van der Waals surface area contributed by atoms with Crippen LogP contribution in [-0.4, -0.2) is 21.1 Å². The Labute approximate surface area is 121 Å². The van der Waals surface area contributed by atoms with Gasteiger partial charge in [-0.2, -0.15) is 5.10 Å². The van der Waals surface area contributed by atoms with Gasteiger partial charge in [-0.15, -0.1) is 0 Å². The lowest BCUT2D eigenvalue weighted by Gasteiger charge is -2.11. The van der Waals surface area contributed by atoms with Crippen LogP contribution in [0.15, 0.2) is 28.8 Å². The number of nitrogens with one attached hydrogen (secondary N) is 2. The Morgan fingerprint density at radius 1 is 1.38 bits per heavy atom. The highest BCUT2D eigenvalue weighted by Gasteiger charge is 2.15. The van der Waals surface area contributed by atoms with Crippen molar-refractivity contribution < 1.29 is 9.21 Å². The van der Waals surface area contributed by atoms with E-state index in [1.54, 1.807) is 6.07 Å². The number of carbonyl (C=O) groups excluding carboxylic acids is 1. The summed E-state index contributed by atoms with van der Waals surface area (Å²) in [4.78, 5) is 16.5. The quantitative estimate of drug-likeness (QED) is 0.774. The van der Waals surface area contributed by atoms with Gasteiger partial charge < -0.3 is 9.73 Å². The van der Waals surface area contributed by atoms with Crippen molar-refractivity contribution in [2.24, 2.45) is 0 Å². The number of aromatic amines is 1. The molecule has 0 aliphatic rings. The first kappa shape index (κ1) is 13.4. The molecule has 0 aliphatic heterocycles. The zero-order valence-electron chi connectivity index (χ0n) is 12.1. The van der Waals surface area contributed by atoms with Gasteiger partial charge in [-0.1, -0.05) is 0 Å². The summed E-state index contributed by atoms with van der Waals surface area (Å²) in [6.45, 7) is 5.65. The number of H-pyrrole nitrogens is 1. The molecular weight excluding hydrogens is 268 g/mol. The highest BCUT2D eigenvalue weighted by atomic mass is 16.3. The van der Waals surface area contributed by atoms with Crippen LogP contribution < -0.4 is 5.32 Å². The maximum atomic E-state index is 12.3. The molecule has 0 saturated carbocycles. The Morgan fingerprint density at radius 3 is 2.90 bits per heavy atom. The zero-order valence-corrected chi connectivity index (χ0v) is 12.1. The van der Waals surface area contributed by atoms with E-state index in [1.807, 2.05) is 32.9 Å². The number of aromatic nitrogens is 3. The zero-order chi connectivity index (χ0) is 15.0. The standard InChI is InChI=1S/C15H16N4O2/c1-8-4-5-13(21-8)10(3)17-15(20)11-6-12-9(2)18-19-14(12)16-7-11/h4-7,10H,1-3H3,(H,17,20)(H,16,18,19)/t10-/m1/s1. The number of furan rings is 1. The maximum absolute atomic E-state index is 12.3. The Morgan fingerprint density at radius 2 is 2.19 bits per heavy atom. The molecule has 0 fully saturated rings. The van der Waals surface area contributed by atoms with Crippen molar-refractivity contribution >= 4 is 16.9 Å². The molecule has 0 unspecified atom stereocenters. The van der Waals surface area contributed by atoms with E-state index in [0.29, 0.717) is 11.2 Å². The SMILES string of the molecule is Cc1ccc([C@@H](C)NC(=O)c2cnc3n[nH]c(C)c3c2)o1. The van der Waals surface area contributed by atoms with E-state index < -0.39 is 0 Å². The summed E-state index contributed by atoms with van der Waals surface area (Å²) in [5.41, 5.74) is 2.00. The molecule has 0 radical (unpaired) electrons. The van der Waals surface area contributed by atoms with E-state index in [0.717, 1.165) is 22.6 Å². The van der Waals surface area contributed by atoms with Gasteiger partial charge in [-0.05, 0) is 39.0 Å². The number of hydrogen-bond donors (Lipinski definition) is 2. The van der Waals surface area contributed by atoms with Crippen LogP contribution in [0.2, 0.25) is 0 Å². The normalized spacial score (nSPS) is 12.5. The van der Waals surface area contributed by atoms with Gasteiger partial charge >= 0.3 is 0 Å². The first-order chi connectivity index (χ1) is 10.0. The van der Waals surface area contributed by atoms with Crippen LogP contribution in [0.3, 0.4) is 0 Å². The number of rotatable bonds is 3. The molecule has 3 heterocycles.